The van der Waals surface area contributed by atoms with Crippen molar-refractivity contribution in [2.45, 2.75) is 40.2 Å². The Bertz CT molecular complexity index is 963. The van der Waals surface area contributed by atoms with Crippen molar-refractivity contribution in [3.63, 3.8) is 0 Å². The molecular weight excluding hydrogens is 342 g/mol. The zero-order valence-corrected chi connectivity index (χ0v) is 16.2. The number of nitrogen functional groups attached to an aromatic ring is 1. The number of urea groups is 1. The molecule has 0 unspecified atom stereocenters. The highest BCUT2D eigenvalue weighted by atomic mass is 16.2. The van der Waals surface area contributed by atoms with Gasteiger partial charge in [-0.15, -0.1) is 0 Å². The molecule has 0 aliphatic carbocycles. The molecule has 3 rings (SSSR count). The molecule has 2 heterocycles. The zero-order valence-electron chi connectivity index (χ0n) is 16.2. The molecule has 0 fully saturated rings. The van der Waals surface area contributed by atoms with Crippen LogP contribution in [0.5, 0.6) is 0 Å². The van der Waals surface area contributed by atoms with E-state index in [1.165, 1.54) is 0 Å². The van der Waals surface area contributed by atoms with E-state index in [1.54, 1.807) is 18.2 Å². The molecule has 0 bridgehead atoms. The summed E-state index contributed by atoms with van der Waals surface area (Å²) in [5.74, 6) is -0.188. The average Bonchev–Trinajstić information content (AvgIpc) is 2.97. The van der Waals surface area contributed by atoms with Gasteiger partial charge in [0, 0.05) is 28.2 Å². The number of carbonyl (C=O) groups is 2. The van der Waals surface area contributed by atoms with Crippen LogP contribution in [0.25, 0.3) is 11.6 Å². The highest BCUT2D eigenvalue weighted by molar-refractivity contribution is 6.35. The Kier molecular flexibility index (Phi) is 4.47. The molecule has 142 valence electrons. The second-order valence-corrected chi connectivity index (χ2v) is 7.80. The summed E-state index contributed by atoms with van der Waals surface area (Å²) in [5, 5.41) is 8.47. The molecule has 2 aromatic rings. The van der Waals surface area contributed by atoms with Crippen molar-refractivity contribution < 1.29 is 9.59 Å². The molecule has 0 saturated heterocycles. The smallest absolute Gasteiger partial charge is 0.319 e. The van der Waals surface area contributed by atoms with Gasteiger partial charge in [0.1, 0.15) is 0 Å². The van der Waals surface area contributed by atoms with E-state index in [1.807, 2.05) is 40.7 Å². The first-order chi connectivity index (χ1) is 12.5. The molecule has 1 aliphatic rings. The number of amides is 3. The monoisotopic (exact) mass is 367 g/mol. The highest BCUT2D eigenvalue weighted by Gasteiger charge is 2.25. The lowest BCUT2D eigenvalue weighted by Gasteiger charge is -2.20. The Morgan fingerprint density at radius 3 is 2.52 bits per heavy atom. The summed E-state index contributed by atoms with van der Waals surface area (Å²) in [4.78, 5) is 27.7. The first-order valence-electron chi connectivity index (χ1n) is 8.76. The molecule has 0 atom stereocenters. The maximum Gasteiger partial charge on any atom is 0.319 e. The number of nitrogens with two attached hydrogens (primary N) is 1. The third kappa shape index (κ3) is 3.81. The number of H-pyrrole nitrogens is 1. The quantitative estimate of drug-likeness (QED) is 0.523. The number of rotatable bonds is 2. The lowest BCUT2D eigenvalue weighted by molar-refractivity contribution is -0.110. The van der Waals surface area contributed by atoms with E-state index in [0.717, 1.165) is 22.5 Å². The molecule has 7 heteroatoms. The summed E-state index contributed by atoms with van der Waals surface area (Å²) in [7, 11) is 0. The Labute approximate surface area is 158 Å². The van der Waals surface area contributed by atoms with Gasteiger partial charge in [-0.25, -0.2) is 4.79 Å². The Hall–Kier alpha value is -3.22. The summed E-state index contributed by atoms with van der Waals surface area (Å²) >= 11 is 0. The molecule has 1 aromatic carbocycles. The fourth-order valence-electron chi connectivity index (χ4n) is 3.00. The normalized spacial score (nSPS) is 14.9. The predicted octanol–water partition coefficient (Wildman–Crippen LogP) is 3.63. The number of benzene rings is 1. The molecular formula is C20H25N5O2. The summed E-state index contributed by atoms with van der Waals surface area (Å²) in [6.45, 7) is 9.53. The summed E-state index contributed by atoms with van der Waals surface area (Å²) in [5.41, 5.74) is 11.6. The van der Waals surface area contributed by atoms with Gasteiger partial charge in [0.15, 0.2) is 0 Å². The fourth-order valence-corrected chi connectivity index (χ4v) is 3.00. The maximum atomic E-state index is 12.4. The van der Waals surface area contributed by atoms with Crippen LogP contribution in [0, 0.1) is 13.8 Å². The van der Waals surface area contributed by atoms with E-state index >= 15 is 0 Å². The summed E-state index contributed by atoms with van der Waals surface area (Å²) in [6.07, 6.45) is 1.80. The number of carbonyl (C=O) groups excluding carboxylic acids is 2. The van der Waals surface area contributed by atoms with Crippen molar-refractivity contribution in [2.75, 3.05) is 16.4 Å². The molecule has 0 radical (unpaired) electrons. The fraction of sp³-hybridized carbons (Fsp3) is 0.300. The first kappa shape index (κ1) is 18.6. The van der Waals surface area contributed by atoms with E-state index in [2.05, 4.69) is 20.9 Å². The second-order valence-electron chi connectivity index (χ2n) is 7.80. The lowest BCUT2D eigenvalue weighted by atomic mass is 10.0. The van der Waals surface area contributed by atoms with Gasteiger partial charge in [-0.05, 0) is 58.4 Å². The van der Waals surface area contributed by atoms with E-state index in [-0.39, 0.29) is 17.5 Å². The molecule has 1 aromatic heterocycles. The molecule has 0 saturated carbocycles. The molecule has 7 nitrogen and oxygen atoms in total. The molecule has 3 amide bonds. The Morgan fingerprint density at radius 1 is 1.22 bits per heavy atom. The van der Waals surface area contributed by atoms with Crippen LogP contribution in [0.1, 0.15) is 43.3 Å². The van der Waals surface area contributed by atoms with E-state index in [0.29, 0.717) is 22.6 Å². The van der Waals surface area contributed by atoms with Gasteiger partial charge < -0.3 is 26.7 Å². The SMILES string of the molecule is Cc1[nH]c(/C=C2\C(=O)Nc3cc(NC(=O)NC(C)(C)C)ccc32)c(C)c1N. The van der Waals surface area contributed by atoms with Gasteiger partial charge in [0.05, 0.1) is 16.9 Å². The molecule has 0 spiro atoms. The number of hydrogen-bond acceptors (Lipinski definition) is 3. The van der Waals surface area contributed by atoms with Gasteiger partial charge >= 0.3 is 6.03 Å². The number of aromatic amines is 1. The number of anilines is 3. The van der Waals surface area contributed by atoms with Crippen molar-refractivity contribution in [3.05, 3.63) is 40.7 Å². The minimum absolute atomic E-state index is 0.188. The van der Waals surface area contributed by atoms with Crippen LogP contribution >= 0.6 is 0 Å². The molecule has 1 aliphatic heterocycles. The second kappa shape index (κ2) is 6.50. The van der Waals surface area contributed by atoms with Crippen molar-refractivity contribution in [2.24, 2.45) is 0 Å². The Morgan fingerprint density at radius 2 is 1.93 bits per heavy atom. The number of fused-ring (bicyclic) bond motifs is 1. The van der Waals surface area contributed by atoms with E-state index < -0.39 is 0 Å². The predicted molar refractivity (Wildman–Crippen MR) is 110 cm³/mol. The van der Waals surface area contributed by atoms with E-state index in [9.17, 15) is 9.59 Å². The Balaban J connectivity index is 1.88. The van der Waals surface area contributed by atoms with Crippen LogP contribution in [-0.4, -0.2) is 22.5 Å². The van der Waals surface area contributed by atoms with Crippen molar-refractivity contribution in [1.29, 1.82) is 0 Å². The first-order valence-corrected chi connectivity index (χ1v) is 8.76. The summed E-state index contributed by atoms with van der Waals surface area (Å²) in [6, 6.07) is 5.05. The molecule has 6 N–H and O–H groups in total. The largest absolute Gasteiger partial charge is 0.397 e. The van der Waals surface area contributed by atoms with Gasteiger partial charge in [0.2, 0.25) is 0 Å². The minimum atomic E-state index is -0.335. The van der Waals surface area contributed by atoms with Gasteiger partial charge in [-0.3, -0.25) is 4.79 Å². The van der Waals surface area contributed by atoms with E-state index in [4.69, 9.17) is 5.73 Å². The van der Waals surface area contributed by atoms with Gasteiger partial charge in [-0.1, -0.05) is 6.07 Å². The average molecular weight is 367 g/mol. The van der Waals surface area contributed by atoms with Crippen LogP contribution in [0.4, 0.5) is 21.9 Å². The van der Waals surface area contributed by atoms with Crippen molar-refractivity contribution in [3.8, 4) is 0 Å². The van der Waals surface area contributed by atoms with Crippen LogP contribution in [0.2, 0.25) is 0 Å². The van der Waals surface area contributed by atoms with Crippen molar-refractivity contribution in [1.82, 2.24) is 10.3 Å². The number of nitrogens with one attached hydrogen (secondary N) is 4. The van der Waals surface area contributed by atoms with Crippen LogP contribution in [0.3, 0.4) is 0 Å². The number of aryl methyl sites for hydroxylation is 1. The summed E-state index contributed by atoms with van der Waals surface area (Å²) < 4.78 is 0. The van der Waals surface area contributed by atoms with Crippen molar-refractivity contribution >= 4 is 40.6 Å². The van der Waals surface area contributed by atoms with Gasteiger partial charge in [0.25, 0.3) is 5.91 Å². The highest BCUT2D eigenvalue weighted by Crippen LogP contribution is 2.36. The third-order valence-corrected chi connectivity index (χ3v) is 4.37. The van der Waals surface area contributed by atoms with Crippen LogP contribution in [0.15, 0.2) is 18.2 Å². The zero-order chi connectivity index (χ0) is 19.9. The third-order valence-electron chi connectivity index (χ3n) is 4.37. The lowest BCUT2D eigenvalue weighted by Crippen LogP contribution is -2.43. The maximum absolute atomic E-state index is 12.4. The standard InChI is InChI=1S/C20H25N5O2/c1-10-15(22-11(2)17(10)21)9-14-13-7-6-12(8-16(13)24-18(14)26)23-19(27)25-20(3,4)5/h6-9,22H,21H2,1-5H3,(H,24,26)(H2,23,25,27)/b14-9-. The number of hydrogen-bond donors (Lipinski definition) is 5. The number of aromatic nitrogens is 1. The van der Waals surface area contributed by atoms with Crippen LogP contribution < -0.4 is 21.7 Å². The van der Waals surface area contributed by atoms with Crippen LogP contribution in [-0.2, 0) is 4.79 Å². The molecule has 27 heavy (non-hydrogen) atoms. The topological polar surface area (TPSA) is 112 Å². The minimum Gasteiger partial charge on any atom is -0.397 e. The van der Waals surface area contributed by atoms with Gasteiger partial charge in [-0.2, -0.15) is 0 Å².